The molecule has 0 spiro atoms. The van der Waals surface area contributed by atoms with E-state index in [9.17, 15) is 8.42 Å². The molecule has 0 radical (unpaired) electrons. The lowest BCUT2D eigenvalue weighted by molar-refractivity contribution is 0.191. The van der Waals surface area contributed by atoms with Crippen LogP contribution in [0.3, 0.4) is 0 Å². The van der Waals surface area contributed by atoms with Gasteiger partial charge in [-0.15, -0.1) is 0 Å². The van der Waals surface area contributed by atoms with Gasteiger partial charge in [-0.3, -0.25) is 0 Å². The molecule has 2 atom stereocenters. The lowest BCUT2D eigenvalue weighted by Gasteiger charge is -2.14. The summed E-state index contributed by atoms with van der Waals surface area (Å²) in [6.45, 7) is 1.21. The van der Waals surface area contributed by atoms with E-state index in [1.165, 1.54) is 12.3 Å². The lowest BCUT2D eigenvalue weighted by Crippen LogP contribution is -2.42. The van der Waals surface area contributed by atoms with Crippen LogP contribution in [0.4, 0.5) is 0 Å². The Hall–Kier alpha value is -1.18. The first-order chi connectivity index (χ1) is 7.67. The van der Waals surface area contributed by atoms with E-state index in [0.717, 1.165) is 0 Å². The summed E-state index contributed by atoms with van der Waals surface area (Å²) in [6.07, 6.45) is 1.34. The number of fused-ring (bicyclic) bond motifs is 2. The van der Waals surface area contributed by atoms with Crippen LogP contribution in [0, 0.1) is 0 Å². The van der Waals surface area contributed by atoms with Gasteiger partial charge < -0.3 is 10.1 Å². The van der Waals surface area contributed by atoms with Crippen molar-refractivity contribution in [2.24, 2.45) is 0 Å². The third-order valence-corrected chi connectivity index (χ3v) is 4.26. The predicted octanol–water partition coefficient (Wildman–Crippen LogP) is -0.907. The van der Waals surface area contributed by atoms with E-state index < -0.39 is 10.0 Å². The van der Waals surface area contributed by atoms with Gasteiger partial charge in [0, 0.05) is 19.3 Å². The van der Waals surface area contributed by atoms with Crippen LogP contribution in [0.2, 0.25) is 0 Å². The fourth-order valence-corrected chi connectivity index (χ4v) is 3.32. The quantitative estimate of drug-likeness (QED) is 0.615. The molecule has 1 saturated heterocycles. The number of hydrogen-bond acceptors (Lipinski definition) is 5. The van der Waals surface area contributed by atoms with Crippen molar-refractivity contribution in [2.75, 3.05) is 13.1 Å². The Labute approximate surface area is 93.1 Å². The third kappa shape index (κ3) is 1.48. The lowest BCUT2D eigenvalue weighted by atomic mass is 10.2. The molecule has 0 bridgehead atoms. The molecule has 2 aliphatic heterocycles. The van der Waals surface area contributed by atoms with Crippen molar-refractivity contribution in [3.63, 3.8) is 0 Å². The minimum absolute atomic E-state index is 0.115. The van der Waals surface area contributed by atoms with Crippen LogP contribution >= 0.6 is 0 Å². The van der Waals surface area contributed by atoms with Crippen LogP contribution in [0.1, 0.15) is 0 Å². The molecular weight excluding hydrogens is 230 g/mol. The summed E-state index contributed by atoms with van der Waals surface area (Å²) >= 11 is 0. The van der Waals surface area contributed by atoms with Gasteiger partial charge in [0.15, 0.2) is 0 Å². The van der Waals surface area contributed by atoms with E-state index in [1.807, 2.05) is 0 Å². The Kier molecular flexibility index (Phi) is 2.13. The van der Waals surface area contributed by atoms with Crippen molar-refractivity contribution in [1.82, 2.24) is 15.0 Å². The summed E-state index contributed by atoms with van der Waals surface area (Å²) in [7, 11) is -3.51. The average molecular weight is 241 g/mol. The molecule has 86 valence electrons. The molecule has 2 N–H and O–H groups in total. The molecule has 1 fully saturated rings. The number of pyridine rings is 1. The molecular formula is C9H11N3O3S. The van der Waals surface area contributed by atoms with E-state index in [4.69, 9.17) is 4.74 Å². The minimum atomic E-state index is -3.51. The number of rotatable bonds is 0. The summed E-state index contributed by atoms with van der Waals surface area (Å²) < 4.78 is 32.2. The molecule has 1 aromatic rings. The van der Waals surface area contributed by atoms with Crippen molar-refractivity contribution in [3.8, 4) is 5.88 Å². The van der Waals surface area contributed by atoms with Gasteiger partial charge in [0.1, 0.15) is 11.0 Å². The summed E-state index contributed by atoms with van der Waals surface area (Å²) in [5.41, 5.74) is 0. The molecule has 3 rings (SSSR count). The Bertz CT molecular complexity index is 516. The van der Waals surface area contributed by atoms with Gasteiger partial charge in [0.2, 0.25) is 15.9 Å². The monoisotopic (exact) mass is 241 g/mol. The number of aromatic nitrogens is 1. The molecule has 6 nitrogen and oxygen atoms in total. The van der Waals surface area contributed by atoms with Gasteiger partial charge in [0.25, 0.3) is 0 Å². The molecule has 16 heavy (non-hydrogen) atoms. The first-order valence-corrected chi connectivity index (χ1v) is 6.50. The van der Waals surface area contributed by atoms with E-state index in [-0.39, 0.29) is 22.9 Å². The van der Waals surface area contributed by atoms with Gasteiger partial charge in [-0.2, -0.15) is 0 Å². The van der Waals surface area contributed by atoms with Crippen LogP contribution in [-0.4, -0.2) is 38.6 Å². The maximum absolute atomic E-state index is 12.0. The molecule has 0 amide bonds. The topological polar surface area (TPSA) is 80.3 Å². The highest BCUT2D eigenvalue weighted by Gasteiger charge is 2.38. The Morgan fingerprint density at radius 3 is 3.19 bits per heavy atom. The normalized spacial score (nSPS) is 31.0. The van der Waals surface area contributed by atoms with Gasteiger partial charge in [-0.05, 0) is 12.1 Å². The van der Waals surface area contributed by atoms with Gasteiger partial charge in [-0.25, -0.2) is 18.1 Å². The highest BCUT2D eigenvalue weighted by Crippen LogP contribution is 2.26. The second kappa shape index (κ2) is 3.41. The van der Waals surface area contributed by atoms with Crippen LogP contribution in [0.25, 0.3) is 0 Å². The van der Waals surface area contributed by atoms with Crippen molar-refractivity contribution in [1.29, 1.82) is 0 Å². The van der Waals surface area contributed by atoms with E-state index in [1.54, 1.807) is 6.07 Å². The number of nitrogens with one attached hydrogen (secondary N) is 2. The number of sulfonamides is 1. The van der Waals surface area contributed by atoms with Gasteiger partial charge in [0.05, 0.1) is 6.04 Å². The molecule has 2 unspecified atom stereocenters. The molecule has 3 heterocycles. The zero-order valence-electron chi connectivity index (χ0n) is 8.38. The highest BCUT2D eigenvalue weighted by molar-refractivity contribution is 7.89. The van der Waals surface area contributed by atoms with Crippen LogP contribution < -0.4 is 14.8 Å². The van der Waals surface area contributed by atoms with Crippen molar-refractivity contribution < 1.29 is 13.2 Å². The maximum Gasteiger partial charge on any atom is 0.246 e. The molecule has 7 heteroatoms. The highest BCUT2D eigenvalue weighted by atomic mass is 32.2. The number of hydrogen-bond donors (Lipinski definition) is 2. The van der Waals surface area contributed by atoms with E-state index >= 15 is 0 Å². The first-order valence-electron chi connectivity index (χ1n) is 5.01. The molecule has 2 aliphatic rings. The van der Waals surface area contributed by atoms with Crippen molar-refractivity contribution >= 4 is 10.0 Å². The van der Waals surface area contributed by atoms with Crippen molar-refractivity contribution in [2.45, 2.75) is 17.0 Å². The number of ether oxygens (including phenoxy) is 1. The average Bonchev–Trinajstić information content (AvgIpc) is 2.61. The van der Waals surface area contributed by atoms with Gasteiger partial charge >= 0.3 is 0 Å². The summed E-state index contributed by atoms with van der Waals surface area (Å²) in [4.78, 5) is 4.08. The summed E-state index contributed by atoms with van der Waals surface area (Å²) in [6, 6.07) is 2.86. The molecule has 1 aromatic heterocycles. The smallest absolute Gasteiger partial charge is 0.246 e. The van der Waals surface area contributed by atoms with Crippen LogP contribution in [0.5, 0.6) is 5.88 Å². The zero-order valence-corrected chi connectivity index (χ0v) is 9.20. The molecule has 0 saturated carbocycles. The van der Waals surface area contributed by atoms with E-state index in [2.05, 4.69) is 15.0 Å². The maximum atomic E-state index is 12.0. The second-order valence-electron chi connectivity index (χ2n) is 3.85. The fourth-order valence-electron chi connectivity index (χ4n) is 1.97. The minimum Gasteiger partial charge on any atom is -0.470 e. The number of nitrogens with zero attached hydrogens (tertiary/aromatic N) is 1. The summed E-state index contributed by atoms with van der Waals surface area (Å²) in [5.74, 6) is 0.186. The van der Waals surface area contributed by atoms with Gasteiger partial charge in [-0.1, -0.05) is 0 Å². The van der Waals surface area contributed by atoms with Crippen LogP contribution in [0.15, 0.2) is 23.2 Å². The molecule has 0 aromatic carbocycles. The van der Waals surface area contributed by atoms with E-state index in [0.29, 0.717) is 13.1 Å². The fraction of sp³-hybridized carbons (Fsp3) is 0.444. The van der Waals surface area contributed by atoms with Crippen LogP contribution in [-0.2, 0) is 10.0 Å². The Balaban J connectivity index is 2.13. The second-order valence-corrected chi connectivity index (χ2v) is 5.53. The summed E-state index contributed by atoms with van der Waals surface area (Å²) in [5, 5.41) is 3.08. The Morgan fingerprint density at radius 2 is 2.31 bits per heavy atom. The third-order valence-electron chi connectivity index (χ3n) is 2.75. The molecule has 0 aliphatic carbocycles. The predicted molar refractivity (Wildman–Crippen MR) is 55.6 cm³/mol. The van der Waals surface area contributed by atoms with Crippen molar-refractivity contribution in [3.05, 3.63) is 18.3 Å². The standard InChI is InChI=1S/C9H11N3O3S/c13-16(14)8-2-1-3-11-9(8)15-7-5-10-4-6(7)12-16/h1-3,6-7,10,12H,4-5H2. The Morgan fingerprint density at radius 1 is 1.44 bits per heavy atom. The zero-order chi connectivity index (χ0) is 11.2. The first kappa shape index (κ1) is 10.0. The SMILES string of the molecule is O=S1(=O)NC2CNCC2Oc2ncccc21. The largest absolute Gasteiger partial charge is 0.470 e.